The predicted molar refractivity (Wildman–Crippen MR) is 55.9 cm³/mol. The molecule has 78 valence electrons. The van der Waals surface area contributed by atoms with Crippen LogP contribution >= 0.6 is 11.6 Å². The second kappa shape index (κ2) is 4.18. The summed E-state index contributed by atoms with van der Waals surface area (Å²) in [5.41, 5.74) is 0. The molecule has 3 unspecified atom stereocenters. The maximum atomic E-state index is 11.2. The quantitative estimate of drug-likeness (QED) is 0.688. The molecule has 1 aliphatic rings. The maximum Gasteiger partial charge on any atom is 0.150 e. The Morgan fingerprint density at radius 2 is 2.15 bits per heavy atom. The Balaban J connectivity index is 2.63. The van der Waals surface area contributed by atoms with Crippen molar-refractivity contribution in [2.75, 3.05) is 11.5 Å². The SMILES string of the molecule is CCC(C(C)Cl)C1CCS(=O)(=O)C1. The van der Waals surface area contributed by atoms with Crippen molar-refractivity contribution in [3.8, 4) is 0 Å². The lowest BCUT2D eigenvalue weighted by molar-refractivity contribution is 0.348. The lowest BCUT2D eigenvalue weighted by Crippen LogP contribution is -2.22. The fraction of sp³-hybridized carbons (Fsp3) is 1.00. The first kappa shape index (κ1) is 11.3. The average molecular weight is 225 g/mol. The summed E-state index contributed by atoms with van der Waals surface area (Å²) >= 11 is 6.02. The fourth-order valence-electron chi connectivity index (χ4n) is 2.19. The van der Waals surface area contributed by atoms with Crippen LogP contribution in [0.5, 0.6) is 0 Å². The second-order valence-corrected chi connectivity index (χ2v) is 6.83. The van der Waals surface area contributed by atoms with Gasteiger partial charge in [0.15, 0.2) is 9.84 Å². The molecule has 1 saturated heterocycles. The molecular formula is C9H17ClO2S. The summed E-state index contributed by atoms with van der Waals surface area (Å²) in [5.74, 6) is 1.36. The first-order valence-corrected chi connectivity index (χ1v) is 7.06. The van der Waals surface area contributed by atoms with Gasteiger partial charge < -0.3 is 0 Å². The van der Waals surface area contributed by atoms with Gasteiger partial charge in [-0.1, -0.05) is 13.3 Å². The van der Waals surface area contributed by atoms with Gasteiger partial charge in [-0.25, -0.2) is 8.42 Å². The fourth-order valence-corrected chi connectivity index (χ4v) is 4.47. The molecule has 0 N–H and O–H groups in total. The summed E-state index contributed by atoms with van der Waals surface area (Å²) in [6.45, 7) is 4.04. The lowest BCUT2D eigenvalue weighted by atomic mass is 9.87. The van der Waals surface area contributed by atoms with E-state index in [0.717, 1.165) is 12.8 Å². The minimum absolute atomic E-state index is 0.0864. The van der Waals surface area contributed by atoms with Crippen LogP contribution in [0.15, 0.2) is 0 Å². The minimum Gasteiger partial charge on any atom is -0.229 e. The minimum atomic E-state index is -2.74. The Morgan fingerprint density at radius 3 is 2.46 bits per heavy atom. The van der Waals surface area contributed by atoms with Gasteiger partial charge in [0.2, 0.25) is 0 Å². The number of hydrogen-bond acceptors (Lipinski definition) is 2. The molecule has 2 nitrogen and oxygen atoms in total. The number of hydrogen-bond donors (Lipinski definition) is 0. The third kappa shape index (κ3) is 2.84. The van der Waals surface area contributed by atoms with Crippen LogP contribution in [0.4, 0.5) is 0 Å². The summed E-state index contributed by atoms with van der Waals surface area (Å²) in [5, 5.41) is 0.0864. The highest BCUT2D eigenvalue weighted by Crippen LogP contribution is 2.32. The summed E-state index contributed by atoms with van der Waals surface area (Å²) in [6.07, 6.45) is 1.78. The van der Waals surface area contributed by atoms with Crippen molar-refractivity contribution in [3.63, 3.8) is 0 Å². The van der Waals surface area contributed by atoms with E-state index in [9.17, 15) is 8.42 Å². The zero-order valence-corrected chi connectivity index (χ0v) is 9.74. The van der Waals surface area contributed by atoms with E-state index in [1.165, 1.54) is 0 Å². The molecular weight excluding hydrogens is 208 g/mol. The summed E-state index contributed by atoms with van der Waals surface area (Å²) in [6, 6.07) is 0. The van der Waals surface area contributed by atoms with Crippen molar-refractivity contribution in [1.82, 2.24) is 0 Å². The first-order chi connectivity index (χ1) is 5.96. The van der Waals surface area contributed by atoms with Gasteiger partial charge in [0, 0.05) is 5.38 Å². The van der Waals surface area contributed by atoms with E-state index in [0.29, 0.717) is 23.3 Å². The van der Waals surface area contributed by atoms with Crippen molar-refractivity contribution >= 4 is 21.4 Å². The van der Waals surface area contributed by atoms with Gasteiger partial charge in [0.05, 0.1) is 11.5 Å². The van der Waals surface area contributed by atoms with E-state index >= 15 is 0 Å². The molecule has 0 spiro atoms. The van der Waals surface area contributed by atoms with Gasteiger partial charge in [-0.2, -0.15) is 0 Å². The molecule has 0 aromatic rings. The lowest BCUT2D eigenvalue weighted by Gasteiger charge is -2.22. The number of sulfone groups is 1. The van der Waals surface area contributed by atoms with E-state index in [2.05, 4.69) is 6.92 Å². The van der Waals surface area contributed by atoms with Crippen molar-refractivity contribution in [2.24, 2.45) is 11.8 Å². The van der Waals surface area contributed by atoms with E-state index in [-0.39, 0.29) is 5.38 Å². The van der Waals surface area contributed by atoms with Crippen LogP contribution in [0, 0.1) is 11.8 Å². The van der Waals surface area contributed by atoms with Crippen molar-refractivity contribution in [2.45, 2.75) is 32.1 Å². The van der Waals surface area contributed by atoms with Crippen LogP contribution < -0.4 is 0 Å². The van der Waals surface area contributed by atoms with Crippen LogP contribution in [0.3, 0.4) is 0 Å². The average Bonchev–Trinajstić information content (AvgIpc) is 2.31. The predicted octanol–water partition coefficient (Wildman–Crippen LogP) is 2.07. The van der Waals surface area contributed by atoms with Gasteiger partial charge in [0.25, 0.3) is 0 Å². The molecule has 0 radical (unpaired) electrons. The molecule has 4 heteroatoms. The van der Waals surface area contributed by atoms with E-state index in [1.807, 2.05) is 6.92 Å². The standard InChI is InChI=1S/C9H17ClO2S/c1-3-9(7(2)10)8-4-5-13(11,12)6-8/h7-9H,3-6H2,1-2H3. The summed E-state index contributed by atoms with van der Waals surface area (Å²) < 4.78 is 22.5. The molecule has 0 aromatic heterocycles. The molecule has 1 heterocycles. The third-order valence-electron chi connectivity index (χ3n) is 2.93. The molecule has 1 rings (SSSR count). The summed E-state index contributed by atoms with van der Waals surface area (Å²) in [7, 11) is -2.74. The number of rotatable bonds is 3. The van der Waals surface area contributed by atoms with Crippen molar-refractivity contribution in [1.29, 1.82) is 0 Å². The van der Waals surface area contributed by atoms with Crippen LogP contribution in [0.1, 0.15) is 26.7 Å². The van der Waals surface area contributed by atoms with Gasteiger partial charge >= 0.3 is 0 Å². The van der Waals surface area contributed by atoms with Crippen molar-refractivity contribution in [3.05, 3.63) is 0 Å². The third-order valence-corrected chi connectivity index (χ3v) is 5.05. The van der Waals surface area contributed by atoms with E-state index in [1.54, 1.807) is 0 Å². The molecule has 0 bridgehead atoms. The van der Waals surface area contributed by atoms with Crippen LogP contribution in [-0.4, -0.2) is 25.3 Å². The van der Waals surface area contributed by atoms with Crippen LogP contribution in [-0.2, 0) is 9.84 Å². The largest absolute Gasteiger partial charge is 0.229 e. The smallest absolute Gasteiger partial charge is 0.150 e. The van der Waals surface area contributed by atoms with Crippen LogP contribution in [0.25, 0.3) is 0 Å². The Hall–Kier alpha value is 0.240. The Morgan fingerprint density at radius 1 is 1.54 bits per heavy atom. The highest BCUT2D eigenvalue weighted by atomic mass is 35.5. The molecule has 0 saturated carbocycles. The molecule has 1 fully saturated rings. The van der Waals surface area contributed by atoms with Gasteiger partial charge in [-0.3, -0.25) is 0 Å². The van der Waals surface area contributed by atoms with Crippen molar-refractivity contribution < 1.29 is 8.42 Å². The monoisotopic (exact) mass is 224 g/mol. The second-order valence-electron chi connectivity index (χ2n) is 3.91. The zero-order chi connectivity index (χ0) is 10.1. The maximum absolute atomic E-state index is 11.2. The van der Waals surface area contributed by atoms with Crippen LogP contribution in [0.2, 0.25) is 0 Å². The number of halogens is 1. The Labute approximate surface area is 85.6 Å². The summed E-state index contributed by atoms with van der Waals surface area (Å²) in [4.78, 5) is 0. The zero-order valence-electron chi connectivity index (χ0n) is 8.16. The molecule has 0 aromatic carbocycles. The Bertz CT molecular complexity index is 259. The highest BCUT2D eigenvalue weighted by molar-refractivity contribution is 7.91. The van der Waals surface area contributed by atoms with E-state index in [4.69, 9.17) is 11.6 Å². The highest BCUT2D eigenvalue weighted by Gasteiger charge is 2.34. The molecule has 0 aliphatic carbocycles. The molecule has 1 aliphatic heterocycles. The van der Waals surface area contributed by atoms with Gasteiger partial charge in [-0.05, 0) is 25.2 Å². The van der Waals surface area contributed by atoms with E-state index < -0.39 is 9.84 Å². The topological polar surface area (TPSA) is 34.1 Å². The number of alkyl halides is 1. The molecule has 3 atom stereocenters. The molecule has 0 amide bonds. The van der Waals surface area contributed by atoms with Gasteiger partial charge in [-0.15, -0.1) is 11.6 Å². The normalized spacial score (nSPS) is 31.5. The first-order valence-electron chi connectivity index (χ1n) is 4.80. The Kier molecular flexibility index (Phi) is 3.64. The van der Waals surface area contributed by atoms with Gasteiger partial charge in [0.1, 0.15) is 0 Å². The molecule has 13 heavy (non-hydrogen) atoms.